The van der Waals surface area contributed by atoms with E-state index in [2.05, 4.69) is 29.1 Å². The largest absolute Gasteiger partial charge is 0.350 e. The minimum absolute atomic E-state index is 0.0598. The summed E-state index contributed by atoms with van der Waals surface area (Å²) in [5, 5.41) is 7.84. The van der Waals surface area contributed by atoms with Crippen LogP contribution in [0.1, 0.15) is 37.2 Å². The maximum atomic E-state index is 12.4. The van der Waals surface area contributed by atoms with Gasteiger partial charge in [0.25, 0.3) is 5.91 Å². The van der Waals surface area contributed by atoms with Crippen molar-refractivity contribution in [2.75, 3.05) is 20.1 Å². The van der Waals surface area contributed by atoms with Crippen molar-refractivity contribution in [1.82, 2.24) is 15.2 Å². The molecule has 0 bridgehead atoms. The van der Waals surface area contributed by atoms with Crippen LogP contribution in [0.4, 0.5) is 0 Å². The van der Waals surface area contributed by atoms with Crippen LogP contribution in [0.25, 0.3) is 12.8 Å². The number of nitrogens with one attached hydrogen (secondary N) is 2. The predicted octanol–water partition coefficient (Wildman–Crippen LogP) is 0.630. The molecule has 0 aliphatic carbocycles. The summed E-state index contributed by atoms with van der Waals surface area (Å²) in [5.41, 5.74) is 0.617. The number of nitrogens with zero attached hydrogens (tertiary/aromatic N) is 2. The normalized spacial score (nSPS) is 13.7. The molecule has 122 valence electrons. The number of aromatic nitrogens is 1. The van der Waals surface area contributed by atoms with Crippen LogP contribution < -0.4 is 21.2 Å². The Balaban J connectivity index is 2.80. The molecule has 5 heteroatoms. The Kier molecular flexibility index (Phi) is 7.60. The zero-order valence-electron chi connectivity index (χ0n) is 14.1. The highest BCUT2D eigenvalue weighted by Gasteiger charge is 2.13. The molecule has 0 fully saturated rings. The summed E-state index contributed by atoms with van der Waals surface area (Å²) < 4.78 is 1.83. The van der Waals surface area contributed by atoms with E-state index in [1.165, 1.54) is 0 Å². The van der Waals surface area contributed by atoms with Crippen molar-refractivity contribution in [1.29, 1.82) is 0 Å². The second-order valence-corrected chi connectivity index (χ2v) is 5.41. The van der Waals surface area contributed by atoms with E-state index < -0.39 is 0 Å². The Bertz CT molecular complexity index is 615. The molecular formula is C17H28N4O. The lowest BCUT2D eigenvalue weighted by atomic mass is 10.0. The summed E-state index contributed by atoms with van der Waals surface area (Å²) in [4.78, 5) is 16.5. The highest BCUT2D eigenvalue weighted by molar-refractivity contribution is 5.92. The number of aliphatic imine (C=N–C) groups is 1. The van der Waals surface area contributed by atoms with Crippen molar-refractivity contribution in [2.24, 2.45) is 18.0 Å². The standard InChI is InChI=1S/C17H28N4O/c1-6-14(8-9-18-4)11-20-17(22)15-10-13(3)16(21(15)5)12-19-7-2/h7,10,12,14,18H,3,6,8-9,11H2,1-2,4-5H3,(H,20,22)/b16-12+,19-7?. The fourth-order valence-corrected chi connectivity index (χ4v) is 2.34. The maximum Gasteiger partial charge on any atom is 0.267 e. The van der Waals surface area contributed by atoms with Crippen LogP contribution in [-0.2, 0) is 7.05 Å². The van der Waals surface area contributed by atoms with Crippen molar-refractivity contribution in [3.63, 3.8) is 0 Å². The van der Waals surface area contributed by atoms with Gasteiger partial charge in [0.15, 0.2) is 0 Å². The van der Waals surface area contributed by atoms with Crippen molar-refractivity contribution in [3.05, 3.63) is 22.3 Å². The number of carbonyl (C=O) groups is 1. The summed E-state index contributed by atoms with van der Waals surface area (Å²) >= 11 is 0. The minimum atomic E-state index is -0.0598. The van der Waals surface area contributed by atoms with Crippen molar-refractivity contribution >= 4 is 24.9 Å². The zero-order chi connectivity index (χ0) is 16.5. The monoisotopic (exact) mass is 304 g/mol. The highest BCUT2D eigenvalue weighted by Crippen LogP contribution is 2.06. The molecule has 1 rings (SSSR count). The SMILES string of the molecule is C=c1cc(C(=O)NCC(CC)CCNC)n(C)/c1=C/N=CC. The molecule has 1 unspecified atom stereocenters. The molecule has 0 aromatic carbocycles. The third-order valence-corrected chi connectivity index (χ3v) is 3.87. The van der Waals surface area contributed by atoms with Crippen molar-refractivity contribution < 1.29 is 4.79 Å². The lowest BCUT2D eigenvalue weighted by molar-refractivity contribution is 0.0937. The number of hydrogen-bond donors (Lipinski definition) is 2. The summed E-state index contributed by atoms with van der Waals surface area (Å²) in [6.45, 7) is 9.64. The first-order valence-electron chi connectivity index (χ1n) is 7.80. The second kappa shape index (κ2) is 9.20. The lowest BCUT2D eigenvalue weighted by Crippen LogP contribution is -2.33. The Labute approximate surface area is 132 Å². The molecule has 0 aliphatic heterocycles. The number of carbonyl (C=O) groups excluding carboxylic acids is 1. The molecular weight excluding hydrogens is 276 g/mol. The molecule has 1 atom stereocenters. The smallest absolute Gasteiger partial charge is 0.267 e. The van der Waals surface area contributed by atoms with E-state index in [4.69, 9.17) is 0 Å². The predicted molar refractivity (Wildman–Crippen MR) is 93.5 cm³/mol. The van der Waals surface area contributed by atoms with Crippen LogP contribution >= 0.6 is 0 Å². The Morgan fingerprint density at radius 3 is 2.86 bits per heavy atom. The third kappa shape index (κ3) is 4.84. The first-order valence-corrected chi connectivity index (χ1v) is 7.80. The van der Waals surface area contributed by atoms with Gasteiger partial charge in [-0.15, -0.1) is 0 Å². The van der Waals surface area contributed by atoms with Crippen LogP contribution in [0, 0.1) is 5.92 Å². The van der Waals surface area contributed by atoms with Gasteiger partial charge in [-0.1, -0.05) is 19.9 Å². The van der Waals surface area contributed by atoms with Crippen molar-refractivity contribution in [2.45, 2.75) is 26.7 Å². The van der Waals surface area contributed by atoms with E-state index in [0.29, 0.717) is 18.2 Å². The molecule has 0 saturated heterocycles. The van der Waals surface area contributed by atoms with Gasteiger partial charge in [0, 0.05) is 19.8 Å². The Morgan fingerprint density at radius 2 is 2.27 bits per heavy atom. The Hall–Kier alpha value is -1.88. The minimum Gasteiger partial charge on any atom is -0.350 e. The fourth-order valence-electron chi connectivity index (χ4n) is 2.34. The second-order valence-electron chi connectivity index (χ2n) is 5.41. The molecule has 1 aromatic rings. The average molecular weight is 304 g/mol. The summed E-state index contributed by atoms with van der Waals surface area (Å²) in [5.74, 6) is 0.432. The molecule has 22 heavy (non-hydrogen) atoms. The van der Waals surface area contributed by atoms with E-state index >= 15 is 0 Å². The fraction of sp³-hybridized carbons (Fsp3) is 0.529. The van der Waals surface area contributed by atoms with Gasteiger partial charge in [-0.05, 0) is 44.1 Å². The number of amides is 1. The Morgan fingerprint density at radius 1 is 1.55 bits per heavy atom. The third-order valence-electron chi connectivity index (χ3n) is 3.87. The molecule has 0 spiro atoms. The first-order chi connectivity index (χ1) is 10.5. The van der Waals surface area contributed by atoms with Crippen molar-refractivity contribution in [3.8, 4) is 0 Å². The summed E-state index contributed by atoms with van der Waals surface area (Å²) in [6, 6.07) is 1.81. The van der Waals surface area contributed by atoms with Crippen LogP contribution in [0.2, 0.25) is 0 Å². The number of hydrogen-bond acceptors (Lipinski definition) is 3. The van der Waals surface area contributed by atoms with E-state index in [1.807, 2.05) is 25.6 Å². The van der Waals surface area contributed by atoms with E-state index in [0.717, 1.165) is 30.0 Å². The van der Waals surface area contributed by atoms with Crippen LogP contribution in [-0.4, -0.2) is 36.8 Å². The van der Waals surface area contributed by atoms with E-state index in [-0.39, 0.29) is 5.91 Å². The topological polar surface area (TPSA) is 58.4 Å². The molecule has 2 N–H and O–H groups in total. The molecule has 0 aliphatic rings. The van der Waals surface area contributed by atoms with Crippen LogP contribution in [0.3, 0.4) is 0 Å². The maximum absolute atomic E-state index is 12.4. The lowest BCUT2D eigenvalue weighted by Gasteiger charge is -2.15. The van der Waals surface area contributed by atoms with Crippen LogP contribution in [0.15, 0.2) is 11.1 Å². The van der Waals surface area contributed by atoms with Gasteiger partial charge in [-0.25, -0.2) is 0 Å². The molecule has 1 aromatic heterocycles. The van der Waals surface area contributed by atoms with Gasteiger partial charge in [-0.3, -0.25) is 9.79 Å². The van der Waals surface area contributed by atoms with Gasteiger partial charge in [0.2, 0.25) is 0 Å². The van der Waals surface area contributed by atoms with Gasteiger partial charge in [0.1, 0.15) is 5.69 Å². The summed E-state index contributed by atoms with van der Waals surface area (Å²) in [7, 11) is 3.81. The van der Waals surface area contributed by atoms with E-state index in [1.54, 1.807) is 18.5 Å². The summed E-state index contributed by atoms with van der Waals surface area (Å²) in [6.07, 6.45) is 5.55. The average Bonchev–Trinajstić information content (AvgIpc) is 2.80. The van der Waals surface area contributed by atoms with Crippen LogP contribution in [0.5, 0.6) is 0 Å². The quantitative estimate of drug-likeness (QED) is 0.692. The van der Waals surface area contributed by atoms with Gasteiger partial charge in [-0.2, -0.15) is 0 Å². The van der Waals surface area contributed by atoms with E-state index in [9.17, 15) is 4.79 Å². The van der Waals surface area contributed by atoms with Gasteiger partial charge >= 0.3 is 0 Å². The van der Waals surface area contributed by atoms with Gasteiger partial charge < -0.3 is 15.2 Å². The first kappa shape index (κ1) is 18.2. The number of rotatable bonds is 8. The molecule has 1 amide bonds. The highest BCUT2D eigenvalue weighted by atomic mass is 16.1. The molecule has 0 radical (unpaired) electrons. The zero-order valence-corrected chi connectivity index (χ0v) is 14.1. The molecule has 1 heterocycles. The molecule has 0 saturated carbocycles. The van der Waals surface area contributed by atoms with Gasteiger partial charge in [0.05, 0.1) is 11.5 Å². The molecule has 5 nitrogen and oxygen atoms in total.